The second-order valence-electron chi connectivity index (χ2n) is 5.86. The third-order valence-corrected chi connectivity index (χ3v) is 4.51. The fourth-order valence-corrected chi connectivity index (χ4v) is 3.40. The molecule has 1 aromatic heterocycles. The van der Waals surface area contributed by atoms with Gasteiger partial charge in [0, 0.05) is 18.4 Å². The Hall–Kier alpha value is -1.67. The summed E-state index contributed by atoms with van der Waals surface area (Å²) in [7, 11) is 0. The number of nitrogens with zero attached hydrogens (tertiary/aromatic N) is 1. The Bertz CT molecular complexity index is 591. The van der Waals surface area contributed by atoms with E-state index in [-0.39, 0.29) is 6.04 Å². The molecule has 2 unspecified atom stereocenters. The van der Waals surface area contributed by atoms with Crippen LogP contribution < -0.4 is 5.73 Å². The molecule has 1 aliphatic carbocycles. The summed E-state index contributed by atoms with van der Waals surface area (Å²) in [5, 5.41) is 0. The van der Waals surface area contributed by atoms with E-state index in [0.717, 1.165) is 6.42 Å². The Morgan fingerprint density at radius 2 is 2.15 bits per heavy atom. The zero-order valence-corrected chi connectivity index (χ0v) is 12.0. The van der Waals surface area contributed by atoms with Crippen molar-refractivity contribution in [3.63, 3.8) is 0 Å². The van der Waals surface area contributed by atoms with Crippen molar-refractivity contribution in [1.29, 1.82) is 0 Å². The zero-order chi connectivity index (χ0) is 13.9. The molecule has 0 spiro atoms. The predicted octanol–water partition coefficient (Wildman–Crippen LogP) is 3.90. The lowest BCUT2D eigenvalue weighted by atomic mass is 9.78. The van der Waals surface area contributed by atoms with E-state index in [2.05, 4.69) is 36.2 Å². The van der Waals surface area contributed by atoms with Crippen LogP contribution in [-0.2, 0) is 6.42 Å². The molecule has 2 atom stereocenters. The summed E-state index contributed by atoms with van der Waals surface area (Å²) < 4.78 is 0. The average Bonchev–Trinajstić information content (AvgIpc) is 2.48. The van der Waals surface area contributed by atoms with E-state index in [1.165, 1.54) is 41.5 Å². The fourth-order valence-electron chi connectivity index (χ4n) is 3.40. The molecule has 1 aliphatic rings. The summed E-state index contributed by atoms with van der Waals surface area (Å²) in [5.41, 5.74) is 11.9. The lowest BCUT2D eigenvalue weighted by Crippen LogP contribution is -2.19. The second-order valence-corrected chi connectivity index (χ2v) is 5.86. The van der Waals surface area contributed by atoms with E-state index in [1.54, 1.807) is 0 Å². The Morgan fingerprint density at radius 3 is 3.00 bits per heavy atom. The molecule has 1 aromatic carbocycles. The largest absolute Gasteiger partial charge is 0.324 e. The van der Waals surface area contributed by atoms with Gasteiger partial charge in [-0.15, -0.1) is 0 Å². The van der Waals surface area contributed by atoms with Crippen LogP contribution in [0.15, 0.2) is 42.7 Å². The lowest BCUT2D eigenvalue weighted by Gasteiger charge is -2.28. The van der Waals surface area contributed by atoms with Crippen LogP contribution in [0.5, 0.6) is 0 Å². The van der Waals surface area contributed by atoms with E-state index in [4.69, 9.17) is 5.73 Å². The predicted molar refractivity (Wildman–Crippen MR) is 82.6 cm³/mol. The summed E-state index contributed by atoms with van der Waals surface area (Å²) in [6.07, 6.45) is 8.53. The normalized spacial score (nSPS) is 19.4. The first-order valence-electron chi connectivity index (χ1n) is 7.49. The molecule has 0 saturated carbocycles. The minimum absolute atomic E-state index is 0.0832. The molecule has 1 heterocycles. The van der Waals surface area contributed by atoms with E-state index in [0.29, 0.717) is 5.92 Å². The maximum atomic E-state index is 6.44. The number of rotatable bonds is 3. The maximum Gasteiger partial charge on any atom is 0.0318 e. The molecule has 2 N–H and O–H groups in total. The Balaban J connectivity index is 1.81. The van der Waals surface area contributed by atoms with Crippen molar-refractivity contribution in [1.82, 2.24) is 4.98 Å². The van der Waals surface area contributed by atoms with Gasteiger partial charge >= 0.3 is 0 Å². The van der Waals surface area contributed by atoms with Gasteiger partial charge < -0.3 is 5.73 Å². The van der Waals surface area contributed by atoms with Crippen LogP contribution in [0.3, 0.4) is 0 Å². The molecular formula is C18H22N2. The molecule has 0 radical (unpaired) electrons. The number of aromatic nitrogens is 1. The van der Waals surface area contributed by atoms with Gasteiger partial charge in [0.2, 0.25) is 0 Å². The minimum Gasteiger partial charge on any atom is -0.324 e. The Kier molecular flexibility index (Phi) is 3.83. The van der Waals surface area contributed by atoms with Crippen LogP contribution in [-0.4, -0.2) is 4.98 Å². The van der Waals surface area contributed by atoms with E-state index in [1.807, 2.05) is 18.5 Å². The zero-order valence-electron chi connectivity index (χ0n) is 12.0. The number of aryl methyl sites for hydroxylation is 2. The van der Waals surface area contributed by atoms with Gasteiger partial charge in [0.05, 0.1) is 0 Å². The molecule has 0 bridgehead atoms. The SMILES string of the molecule is Cc1ccncc1C(N)CC1CCCc2ccccc21. The summed E-state index contributed by atoms with van der Waals surface area (Å²) in [5.74, 6) is 0.592. The van der Waals surface area contributed by atoms with Crippen molar-refractivity contribution < 1.29 is 0 Å². The van der Waals surface area contributed by atoms with Gasteiger partial charge in [0.25, 0.3) is 0 Å². The Labute approximate surface area is 121 Å². The summed E-state index contributed by atoms with van der Waals surface area (Å²) in [6.45, 7) is 2.12. The van der Waals surface area contributed by atoms with Crippen molar-refractivity contribution >= 4 is 0 Å². The Morgan fingerprint density at radius 1 is 1.30 bits per heavy atom. The molecule has 0 fully saturated rings. The molecular weight excluding hydrogens is 244 g/mol. The van der Waals surface area contributed by atoms with Gasteiger partial charge in [-0.05, 0) is 66.8 Å². The van der Waals surface area contributed by atoms with Crippen molar-refractivity contribution in [3.05, 3.63) is 65.0 Å². The highest BCUT2D eigenvalue weighted by atomic mass is 14.7. The van der Waals surface area contributed by atoms with E-state index < -0.39 is 0 Å². The van der Waals surface area contributed by atoms with Gasteiger partial charge in [-0.3, -0.25) is 4.98 Å². The van der Waals surface area contributed by atoms with E-state index >= 15 is 0 Å². The molecule has 104 valence electrons. The van der Waals surface area contributed by atoms with Crippen molar-refractivity contribution in [2.24, 2.45) is 5.73 Å². The van der Waals surface area contributed by atoms with Gasteiger partial charge in [-0.1, -0.05) is 24.3 Å². The van der Waals surface area contributed by atoms with Crippen LogP contribution in [0.2, 0.25) is 0 Å². The molecule has 3 rings (SSSR count). The first-order valence-corrected chi connectivity index (χ1v) is 7.49. The van der Waals surface area contributed by atoms with Crippen LogP contribution in [0.1, 0.15) is 53.5 Å². The summed E-state index contributed by atoms with van der Waals surface area (Å²) >= 11 is 0. The van der Waals surface area contributed by atoms with Crippen LogP contribution >= 0.6 is 0 Å². The van der Waals surface area contributed by atoms with E-state index in [9.17, 15) is 0 Å². The number of benzene rings is 1. The van der Waals surface area contributed by atoms with Gasteiger partial charge in [-0.25, -0.2) is 0 Å². The minimum atomic E-state index is 0.0832. The second kappa shape index (κ2) is 5.76. The van der Waals surface area contributed by atoms with Crippen LogP contribution in [0, 0.1) is 6.92 Å². The lowest BCUT2D eigenvalue weighted by molar-refractivity contribution is 0.475. The number of nitrogens with two attached hydrogens (primary N) is 1. The van der Waals surface area contributed by atoms with Crippen LogP contribution in [0.4, 0.5) is 0 Å². The summed E-state index contributed by atoms with van der Waals surface area (Å²) in [6, 6.07) is 11.0. The smallest absolute Gasteiger partial charge is 0.0318 e. The van der Waals surface area contributed by atoms with Gasteiger partial charge in [0.1, 0.15) is 0 Å². The summed E-state index contributed by atoms with van der Waals surface area (Å²) in [4.78, 5) is 4.22. The fraction of sp³-hybridized carbons (Fsp3) is 0.389. The number of hydrogen-bond acceptors (Lipinski definition) is 2. The maximum absolute atomic E-state index is 6.44. The first-order chi connectivity index (χ1) is 9.75. The highest BCUT2D eigenvalue weighted by molar-refractivity contribution is 5.33. The third-order valence-electron chi connectivity index (χ3n) is 4.51. The quantitative estimate of drug-likeness (QED) is 0.915. The monoisotopic (exact) mass is 266 g/mol. The molecule has 20 heavy (non-hydrogen) atoms. The van der Waals surface area contributed by atoms with Gasteiger partial charge in [-0.2, -0.15) is 0 Å². The van der Waals surface area contributed by atoms with Crippen molar-refractivity contribution in [2.45, 2.75) is 44.6 Å². The molecule has 2 nitrogen and oxygen atoms in total. The highest BCUT2D eigenvalue weighted by Gasteiger charge is 2.23. The third kappa shape index (κ3) is 2.61. The molecule has 0 aliphatic heterocycles. The highest BCUT2D eigenvalue weighted by Crippen LogP contribution is 2.37. The number of hydrogen-bond donors (Lipinski definition) is 1. The topological polar surface area (TPSA) is 38.9 Å². The molecule has 0 amide bonds. The standard InChI is InChI=1S/C18H22N2/c1-13-9-10-20-12-17(13)18(19)11-15-7-4-6-14-5-2-3-8-16(14)15/h2-3,5,8-10,12,15,18H,4,6-7,11,19H2,1H3. The molecule has 2 aromatic rings. The average molecular weight is 266 g/mol. The van der Waals surface area contributed by atoms with Gasteiger partial charge in [0.15, 0.2) is 0 Å². The first kappa shape index (κ1) is 13.3. The number of pyridine rings is 1. The number of fused-ring (bicyclic) bond motifs is 1. The molecule has 2 heteroatoms. The molecule has 0 saturated heterocycles. The van der Waals surface area contributed by atoms with Crippen LogP contribution in [0.25, 0.3) is 0 Å². The van der Waals surface area contributed by atoms with Crippen molar-refractivity contribution in [2.75, 3.05) is 0 Å². The van der Waals surface area contributed by atoms with Crippen molar-refractivity contribution in [3.8, 4) is 0 Å².